The van der Waals surface area contributed by atoms with Gasteiger partial charge in [0.25, 0.3) is 0 Å². The van der Waals surface area contributed by atoms with E-state index in [2.05, 4.69) is 229 Å². The summed E-state index contributed by atoms with van der Waals surface area (Å²) in [6.07, 6.45) is 0. The summed E-state index contributed by atoms with van der Waals surface area (Å²) in [5.74, 6) is 0. The molecule has 2 aliphatic rings. The second-order valence-corrected chi connectivity index (χ2v) is 16.4. The number of para-hydroxylation sites is 1. The topological polar surface area (TPSA) is 16.4 Å². The summed E-state index contributed by atoms with van der Waals surface area (Å²) in [6.45, 7) is 0. The molecule has 11 aromatic rings. The zero-order chi connectivity index (χ0) is 40.1. The lowest BCUT2D eigenvalue weighted by Gasteiger charge is -2.30. The van der Waals surface area contributed by atoms with E-state index < -0.39 is 5.41 Å². The summed E-state index contributed by atoms with van der Waals surface area (Å²) >= 11 is 0. The molecule has 61 heavy (non-hydrogen) atoms. The van der Waals surface area contributed by atoms with Gasteiger partial charge in [0.1, 0.15) is 11.2 Å². The van der Waals surface area contributed by atoms with E-state index >= 15 is 0 Å². The first-order valence-corrected chi connectivity index (χ1v) is 21.1. The summed E-state index contributed by atoms with van der Waals surface area (Å²) < 4.78 is 6.55. The second kappa shape index (κ2) is 13.0. The van der Waals surface area contributed by atoms with Gasteiger partial charge in [-0.15, -0.1) is 0 Å². The van der Waals surface area contributed by atoms with E-state index in [0.29, 0.717) is 0 Å². The molecule has 2 heteroatoms. The second-order valence-electron chi connectivity index (χ2n) is 16.4. The maximum Gasteiger partial charge on any atom is 0.135 e. The van der Waals surface area contributed by atoms with Crippen LogP contribution in [0, 0.1) is 0 Å². The SMILES string of the molecule is c1ccc(-c2ccc(N(c3ccccc3)c3ccc4oc5ccc(-c6ccc7c(c6)C6(c8ccccc8-c8ccccc86)c6ccc8ccccc8c6-7)cc5c4c3)cc2)cc1. The van der Waals surface area contributed by atoms with Crippen LogP contribution in [-0.4, -0.2) is 0 Å². The van der Waals surface area contributed by atoms with Crippen LogP contribution in [0.5, 0.6) is 0 Å². The van der Waals surface area contributed by atoms with Gasteiger partial charge in [-0.1, -0.05) is 164 Å². The Morgan fingerprint density at radius 3 is 1.64 bits per heavy atom. The number of hydrogen-bond donors (Lipinski definition) is 0. The summed E-state index contributed by atoms with van der Waals surface area (Å²) in [5.41, 5.74) is 20.0. The molecular formula is C59H37NO. The van der Waals surface area contributed by atoms with E-state index in [1.165, 1.54) is 72.0 Å². The van der Waals surface area contributed by atoms with E-state index in [9.17, 15) is 0 Å². The first kappa shape index (κ1) is 34.0. The molecule has 0 N–H and O–H groups in total. The third-order valence-corrected chi connectivity index (χ3v) is 13.3. The van der Waals surface area contributed by atoms with Gasteiger partial charge in [-0.2, -0.15) is 0 Å². The van der Waals surface area contributed by atoms with Gasteiger partial charge in [-0.25, -0.2) is 0 Å². The van der Waals surface area contributed by atoms with Crippen LogP contribution in [0.2, 0.25) is 0 Å². The van der Waals surface area contributed by atoms with Gasteiger partial charge < -0.3 is 9.32 Å². The van der Waals surface area contributed by atoms with Crippen LogP contribution < -0.4 is 4.90 Å². The Morgan fingerprint density at radius 1 is 0.311 bits per heavy atom. The molecule has 0 fully saturated rings. The number of benzene rings is 10. The van der Waals surface area contributed by atoms with Gasteiger partial charge in [0.2, 0.25) is 0 Å². The lowest BCUT2D eigenvalue weighted by atomic mass is 9.70. The van der Waals surface area contributed by atoms with Gasteiger partial charge in [-0.3, -0.25) is 0 Å². The monoisotopic (exact) mass is 775 g/mol. The molecule has 0 bridgehead atoms. The standard InChI is InChI=1S/C59H37NO/c1-3-13-38(14-4-1)39-23-28-44(29-24-39)60(43-16-5-2-6-17-43)45-30-34-57-51(37-45)50-35-41(27-33-56(50)61-57)42-25-31-49-55(36-42)59(54-32-26-40-15-7-8-18-46(40)58(49)54)52-21-11-9-19-47(52)48-20-10-12-22-53(48)59/h1-37H. The van der Waals surface area contributed by atoms with E-state index in [1.54, 1.807) is 0 Å². The van der Waals surface area contributed by atoms with Crippen LogP contribution >= 0.6 is 0 Å². The van der Waals surface area contributed by atoms with Crippen molar-refractivity contribution >= 4 is 49.8 Å². The van der Waals surface area contributed by atoms with E-state index in [-0.39, 0.29) is 0 Å². The minimum Gasteiger partial charge on any atom is -0.456 e. The fraction of sp³-hybridized carbons (Fsp3) is 0.0169. The number of fused-ring (bicyclic) bond motifs is 15. The van der Waals surface area contributed by atoms with Crippen molar-refractivity contribution in [1.29, 1.82) is 0 Å². The van der Waals surface area contributed by atoms with Crippen molar-refractivity contribution < 1.29 is 4.42 Å². The van der Waals surface area contributed by atoms with Gasteiger partial charge in [-0.05, 0) is 138 Å². The number of rotatable bonds is 5. The third-order valence-electron chi connectivity index (χ3n) is 13.3. The first-order chi connectivity index (χ1) is 30.2. The average molecular weight is 776 g/mol. The molecule has 1 spiro atoms. The number of nitrogens with zero attached hydrogens (tertiary/aromatic N) is 1. The van der Waals surface area contributed by atoms with Crippen LogP contribution in [0.1, 0.15) is 22.3 Å². The maximum absolute atomic E-state index is 6.55. The molecular weight excluding hydrogens is 739 g/mol. The van der Waals surface area contributed by atoms with Crippen molar-refractivity contribution in [2.75, 3.05) is 4.90 Å². The highest BCUT2D eigenvalue weighted by Gasteiger charge is 2.52. The minimum atomic E-state index is -0.431. The van der Waals surface area contributed by atoms with Gasteiger partial charge in [0.05, 0.1) is 5.41 Å². The highest BCUT2D eigenvalue weighted by Crippen LogP contribution is 2.64. The Morgan fingerprint density at radius 2 is 0.869 bits per heavy atom. The lowest BCUT2D eigenvalue weighted by Crippen LogP contribution is -2.25. The first-order valence-electron chi connectivity index (χ1n) is 21.1. The molecule has 0 aliphatic heterocycles. The molecule has 1 aromatic heterocycles. The lowest BCUT2D eigenvalue weighted by molar-refractivity contribution is 0.669. The van der Waals surface area contributed by atoms with Crippen molar-refractivity contribution in [2.45, 2.75) is 5.41 Å². The molecule has 1 heterocycles. The smallest absolute Gasteiger partial charge is 0.135 e. The molecule has 284 valence electrons. The van der Waals surface area contributed by atoms with Crippen molar-refractivity contribution in [2.24, 2.45) is 0 Å². The van der Waals surface area contributed by atoms with Crippen molar-refractivity contribution in [3.8, 4) is 44.5 Å². The highest BCUT2D eigenvalue weighted by atomic mass is 16.3. The Labute approximate surface area is 354 Å². The third kappa shape index (κ3) is 4.91. The fourth-order valence-electron chi connectivity index (χ4n) is 10.6. The molecule has 0 unspecified atom stereocenters. The molecule has 2 aliphatic carbocycles. The Balaban J connectivity index is 0.978. The number of anilines is 3. The average Bonchev–Trinajstić information content (AvgIpc) is 3.96. The summed E-state index contributed by atoms with van der Waals surface area (Å²) in [4.78, 5) is 2.33. The Hall–Kier alpha value is -7.94. The molecule has 10 aromatic carbocycles. The number of hydrogen-bond acceptors (Lipinski definition) is 2. The Kier molecular flexibility index (Phi) is 7.26. The summed E-state index contributed by atoms with van der Waals surface area (Å²) in [7, 11) is 0. The van der Waals surface area contributed by atoms with Crippen LogP contribution in [0.25, 0.3) is 77.2 Å². The van der Waals surface area contributed by atoms with Crippen LogP contribution in [-0.2, 0) is 5.41 Å². The molecule has 0 saturated heterocycles. The zero-order valence-corrected chi connectivity index (χ0v) is 33.2. The van der Waals surface area contributed by atoms with E-state index in [0.717, 1.165) is 44.6 Å². The van der Waals surface area contributed by atoms with Gasteiger partial charge >= 0.3 is 0 Å². The van der Waals surface area contributed by atoms with E-state index in [4.69, 9.17) is 4.42 Å². The maximum atomic E-state index is 6.55. The summed E-state index contributed by atoms with van der Waals surface area (Å²) in [5, 5.41) is 4.75. The quantitative estimate of drug-likeness (QED) is 0.173. The highest BCUT2D eigenvalue weighted by molar-refractivity contribution is 6.09. The number of furan rings is 1. The van der Waals surface area contributed by atoms with E-state index in [1.807, 2.05) is 0 Å². The molecule has 0 amide bonds. The fourth-order valence-corrected chi connectivity index (χ4v) is 10.6. The predicted molar refractivity (Wildman–Crippen MR) is 253 cm³/mol. The molecule has 2 nitrogen and oxygen atoms in total. The zero-order valence-electron chi connectivity index (χ0n) is 33.2. The predicted octanol–water partition coefficient (Wildman–Crippen LogP) is 15.9. The van der Waals surface area contributed by atoms with Gasteiger partial charge in [0, 0.05) is 27.8 Å². The largest absolute Gasteiger partial charge is 0.456 e. The van der Waals surface area contributed by atoms with Crippen LogP contribution in [0.3, 0.4) is 0 Å². The van der Waals surface area contributed by atoms with Crippen molar-refractivity contribution in [1.82, 2.24) is 0 Å². The van der Waals surface area contributed by atoms with Crippen LogP contribution in [0.4, 0.5) is 17.1 Å². The normalized spacial score (nSPS) is 13.0. The minimum absolute atomic E-state index is 0.431. The molecule has 0 radical (unpaired) electrons. The van der Waals surface area contributed by atoms with Crippen molar-refractivity contribution in [3.63, 3.8) is 0 Å². The van der Waals surface area contributed by atoms with Crippen molar-refractivity contribution in [3.05, 3.63) is 247 Å². The molecule has 0 saturated carbocycles. The van der Waals surface area contributed by atoms with Crippen LogP contribution in [0.15, 0.2) is 229 Å². The van der Waals surface area contributed by atoms with Gasteiger partial charge in [0.15, 0.2) is 0 Å². The molecule has 0 atom stereocenters. The Bertz CT molecular complexity index is 3480. The molecule has 13 rings (SSSR count). The summed E-state index contributed by atoms with van der Waals surface area (Å²) in [6, 6.07) is 82.1.